The number of nitrogens with zero attached hydrogens (tertiary/aromatic N) is 2. The topological polar surface area (TPSA) is 99.4 Å². The van der Waals surface area contributed by atoms with E-state index in [1.165, 1.54) is 6.20 Å². The second-order valence-corrected chi connectivity index (χ2v) is 6.19. The summed E-state index contributed by atoms with van der Waals surface area (Å²) in [6.07, 6.45) is 3.12. The standard InChI is InChI=1S/C19H14ClN4O3/c20-12-2-1-3-13(8-12)23-19-22-9-14(18(21)25)15(24-19)6-11-4-5-16-17(7-11)27-10-26-16/h1-9H,10H2,(H2,21,25)(H,22,23,24). The number of carbonyl (C=O) groups is 1. The first-order chi connectivity index (χ1) is 13.1. The normalized spacial score (nSPS) is 12.0. The van der Waals surface area contributed by atoms with Crippen LogP contribution >= 0.6 is 11.6 Å². The van der Waals surface area contributed by atoms with Crippen molar-refractivity contribution in [1.29, 1.82) is 0 Å². The minimum Gasteiger partial charge on any atom is -0.454 e. The van der Waals surface area contributed by atoms with Crippen LogP contribution in [0.5, 0.6) is 11.5 Å². The van der Waals surface area contributed by atoms with E-state index in [1.807, 2.05) is 18.2 Å². The highest BCUT2D eigenvalue weighted by Gasteiger charge is 2.17. The van der Waals surface area contributed by atoms with E-state index in [1.54, 1.807) is 30.7 Å². The Labute approximate surface area is 160 Å². The van der Waals surface area contributed by atoms with Crippen LogP contribution < -0.4 is 20.5 Å². The Bertz CT molecular complexity index is 1030. The molecule has 1 aliphatic heterocycles. The number of nitrogens with one attached hydrogen (secondary N) is 1. The minimum absolute atomic E-state index is 0.187. The number of hydrogen-bond acceptors (Lipinski definition) is 6. The Kier molecular flexibility index (Phi) is 4.52. The number of nitrogens with two attached hydrogens (primary N) is 1. The molecule has 3 aromatic rings. The quantitative estimate of drug-likeness (QED) is 0.703. The molecule has 2 aromatic carbocycles. The molecule has 1 aromatic heterocycles. The monoisotopic (exact) mass is 381 g/mol. The summed E-state index contributed by atoms with van der Waals surface area (Å²) in [6, 6.07) is 12.6. The van der Waals surface area contributed by atoms with Gasteiger partial charge in [0.1, 0.15) is 0 Å². The summed E-state index contributed by atoms with van der Waals surface area (Å²) in [7, 11) is 0. The predicted molar refractivity (Wildman–Crippen MR) is 100 cm³/mol. The van der Waals surface area contributed by atoms with Crippen molar-refractivity contribution in [2.75, 3.05) is 12.1 Å². The lowest BCUT2D eigenvalue weighted by Gasteiger charge is -2.10. The maximum Gasteiger partial charge on any atom is 0.252 e. The summed E-state index contributed by atoms with van der Waals surface area (Å²) in [4.78, 5) is 20.3. The van der Waals surface area contributed by atoms with Crippen molar-refractivity contribution in [3.63, 3.8) is 0 Å². The van der Waals surface area contributed by atoms with E-state index in [9.17, 15) is 4.79 Å². The summed E-state index contributed by atoms with van der Waals surface area (Å²) < 4.78 is 10.7. The third-order valence-electron chi connectivity index (χ3n) is 3.86. The van der Waals surface area contributed by atoms with Gasteiger partial charge < -0.3 is 20.5 Å². The van der Waals surface area contributed by atoms with Crippen LogP contribution in [0, 0.1) is 6.42 Å². The van der Waals surface area contributed by atoms with Crippen LogP contribution in [0.4, 0.5) is 11.6 Å². The van der Waals surface area contributed by atoms with Crippen LogP contribution in [-0.2, 0) is 0 Å². The van der Waals surface area contributed by atoms with Gasteiger partial charge in [0.15, 0.2) is 11.5 Å². The van der Waals surface area contributed by atoms with Crippen LogP contribution in [0.15, 0.2) is 48.7 Å². The molecule has 8 heteroatoms. The highest BCUT2D eigenvalue weighted by atomic mass is 35.5. The van der Waals surface area contributed by atoms with Crippen LogP contribution in [0.1, 0.15) is 21.6 Å². The van der Waals surface area contributed by atoms with E-state index in [2.05, 4.69) is 15.3 Å². The van der Waals surface area contributed by atoms with Crippen molar-refractivity contribution in [2.45, 2.75) is 0 Å². The van der Waals surface area contributed by atoms with Gasteiger partial charge in [0.05, 0.1) is 11.3 Å². The van der Waals surface area contributed by atoms with Gasteiger partial charge >= 0.3 is 0 Å². The summed E-state index contributed by atoms with van der Waals surface area (Å²) in [5.41, 5.74) is 7.57. The van der Waals surface area contributed by atoms with E-state index < -0.39 is 5.91 Å². The third-order valence-corrected chi connectivity index (χ3v) is 4.10. The van der Waals surface area contributed by atoms with Crippen molar-refractivity contribution in [2.24, 2.45) is 5.73 Å². The zero-order valence-corrected chi connectivity index (χ0v) is 14.7. The fourth-order valence-electron chi connectivity index (χ4n) is 2.61. The molecule has 1 radical (unpaired) electrons. The summed E-state index contributed by atoms with van der Waals surface area (Å²) >= 11 is 5.99. The summed E-state index contributed by atoms with van der Waals surface area (Å²) in [5, 5.41) is 3.64. The molecule has 7 nitrogen and oxygen atoms in total. The molecular formula is C19H14ClN4O3. The molecule has 0 aliphatic carbocycles. The molecule has 0 spiro atoms. The molecule has 2 heterocycles. The fraction of sp³-hybridized carbons (Fsp3) is 0.0526. The van der Waals surface area contributed by atoms with Crippen LogP contribution in [0.2, 0.25) is 5.02 Å². The van der Waals surface area contributed by atoms with Gasteiger partial charge in [-0.15, -0.1) is 0 Å². The average molecular weight is 382 g/mol. The van der Waals surface area contributed by atoms with E-state index >= 15 is 0 Å². The van der Waals surface area contributed by atoms with Crippen molar-refractivity contribution < 1.29 is 14.3 Å². The molecule has 0 unspecified atom stereocenters. The number of hydrogen-bond donors (Lipinski definition) is 2. The molecule has 0 bridgehead atoms. The number of benzene rings is 2. The van der Waals surface area contributed by atoms with Gasteiger partial charge in [-0.25, -0.2) is 9.97 Å². The highest BCUT2D eigenvalue weighted by molar-refractivity contribution is 6.30. The lowest BCUT2D eigenvalue weighted by molar-refractivity contribution is 0.0999. The number of anilines is 2. The first-order valence-corrected chi connectivity index (χ1v) is 8.40. The number of halogens is 1. The summed E-state index contributed by atoms with van der Waals surface area (Å²) in [6.45, 7) is 0.187. The first kappa shape index (κ1) is 17.1. The molecule has 1 amide bonds. The van der Waals surface area contributed by atoms with Crippen LogP contribution in [0.25, 0.3) is 0 Å². The van der Waals surface area contributed by atoms with Gasteiger partial charge in [0, 0.05) is 23.3 Å². The first-order valence-electron chi connectivity index (χ1n) is 8.02. The maximum absolute atomic E-state index is 11.8. The lowest BCUT2D eigenvalue weighted by Crippen LogP contribution is -2.16. The van der Waals surface area contributed by atoms with Crippen molar-refractivity contribution in [3.8, 4) is 11.5 Å². The largest absolute Gasteiger partial charge is 0.454 e. The maximum atomic E-state index is 11.8. The van der Waals surface area contributed by atoms with Crippen LogP contribution in [0.3, 0.4) is 0 Å². The fourth-order valence-corrected chi connectivity index (χ4v) is 2.80. The van der Waals surface area contributed by atoms with Gasteiger partial charge in [-0.1, -0.05) is 23.7 Å². The number of aromatic nitrogens is 2. The molecule has 0 saturated heterocycles. The predicted octanol–water partition coefficient (Wildman–Crippen LogP) is 3.30. The number of rotatable bonds is 5. The van der Waals surface area contributed by atoms with Gasteiger partial charge in [0.25, 0.3) is 5.91 Å². The molecule has 0 fully saturated rings. The van der Waals surface area contributed by atoms with Gasteiger partial charge in [-0.05, 0) is 35.9 Å². The Morgan fingerprint density at radius 3 is 2.85 bits per heavy atom. The van der Waals surface area contributed by atoms with Crippen molar-refractivity contribution in [3.05, 3.63) is 76.9 Å². The van der Waals surface area contributed by atoms with Gasteiger partial charge in [0.2, 0.25) is 12.7 Å². The molecule has 0 atom stereocenters. The molecule has 3 N–H and O–H groups in total. The SMILES string of the molecule is NC(=O)c1cnc(Nc2cccc(Cl)c2)nc1[CH]c1ccc2c(c1)OCO2. The third kappa shape index (κ3) is 3.78. The zero-order chi connectivity index (χ0) is 18.8. The second kappa shape index (κ2) is 7.13. The Morgan fingerprint density at radius 1 is 1.19 bits per heavy atom. The van der Waals surface area contributed by atoms with E-state index in [0.29, 0.717) is 28.2 Å². The molecule has 1 aliphatic rings. The number of ether oxygens (including phenoxy) is 2. The second-order valence-electron chi connectivity index (χ2n) is 5.75. The molecular weight excluding hydrogens is 368 g/mol. The average Bonchev–Trinajstić information content (AvgIpc) is 3.09. The number of carbonyl (C=O) groups excluding carboxylic acids is 1. The Morgan fingerprint density at radius 2 is 2.04 bits per heavy atom. The highest BCUT2D eigenvalue weighted by Crippen LogP contribution is 2.33. The van der Waals surface area contributed by atoms with Crippen molar-refractivity contribution >= 4 is 29.1 Å². The van der Waals surface area contributed by atoms with Gasteiger partial charge in [-0.2, -0.15) is 0 Å². The van der Waals surface area contributed by atoms with Gasteiger partial charge in [-0.3, -0.25) is 4.79 Å². The molecule has 4 rings (SSSR count). The molecule has 135 valence electrons. The number of amides is 1. The van der Waals surface area contributed by atoms with Crippen molar-refractivity contribution in [1.82, 2.24) is 9.97 Å². The van der Waals surface area contributed by atoms with E-state index in [-0.39, 0.29) is 12.4 Å². The number of fused-ring (bicyclic) bond motifs is 1. The minimum atomic E-state index is -0.615. The molecule has 27 heavy (non-hydrogen) atoms. The zero-order valence-electron chi connectivity index (χ0n) is 14.0. The summed E-state index contributed by atoms with van der Waals surface area (Å²) in [5.74, 6) is 1.01. The van der Waals surface area contributed by atoms with E-state index in [4.69, 9.17) is 26.8 Å². The Hall–Kier alpha value is -3.32. The Balaban J connectivity index is 1.64. The van der Waals surface area contributed by atoms with E-state index in [0.717, 1.165) is 11.3 Å². The smallest absolute Gasteiger partial charge is 0.252 e. The molecule has 0 saturated carbocycles. The van der Waals surface area contributed by atoms with Crippen LogP contribution in [-0.4, -0.2) is 22.7 Å². The lowest BCUT2D eigenvalue weighted by atomic mass is 10.1. The number of primary amides is 1.